The number of ketones is 1. The highest BCUT2D eigenvalue weighted by Gasteiger charge is 2.51. The first-order valence-corrected chi connectivity index (χ1v) is 20.7. The Bertz CT molecular complexity index is 1690. The molecule has 1 heterocycles. The molecule has 4 aromatic rings. The Morgan fingerprint density at radius 1 is 0.769 bits per heavy atom. The first-order chi connectivity index (χ1) is 25.1. The molecule has 1 aliphatic carbocycles. The van der Waals surface area contributed by atoms with Gasteiger partial charge in [-0.3, -0.25) is 4.79 Å². The van der Waals surface area contributed by atoms with E-state index in [0.717, 1.165) is 17.5 Å². The summed E-state index contributed by atoms with van der Waals surface area (Å²) >= 11 is 0. The Labute approximate surface area is 310 Å². The fourth-order valence-corrected chi connectivity index (χ4v) is 13.0. The SMILES string of the molecule is CO[C@H]1C[C@@H]2[C@@H]([C@@H](O)CCC[C@H](C)O[Si](c3ccccc3)(c3ccccc3)C(C)(C)C)C(=O)C=C[C@@H]2O[C@H](c2ccccc2)[C@@H](c2ccccc2)O1. The molecule has 1 aliphatic heterocycles. The van der Waals surface area contributed by atoms with Crippen LogP contribution in [0, 0.1) is 11.8 Å². The van der Waals surface area contributed by atoms with E-state index in [1.807, 2.05) is 66.7 Å². The molecule has 0 aromatic heterocycles. The molecule has 0 radical (unpaired) electrons. The third-order valence-electron chi connectivity index (χ3n) is 10.8. The van der Waals surface area contributed by atoms with Gasteiger partial charge in [-0.2, -0.15) is 0 Å². The number of carbonyl (C=O) groups is 1. The van der Waals surface area contributed by atoms with Crippen LogP contribution in [-0.4, -0.2) is 50.9 Å². The molecule has 6 rings (SSSR count). The van der Waals surface area contributed by atoms with Crippen LogP contribution in [0.3, 0.4) is 0 Å². The molecular weight excluding hydrogens is 665 g/mol. The van der Waals surface area contributed by atoms with Crippen molar-refractivity contribution < 1.29 is 28.5 Å². The van der Waals surface area contributed by atoms with Gasteiger partial charge in [-0.15, -0.1) is 0 Å². The summed E-state index contributed by atoms with van der Waals surface area (Å²) in [6, 6.07) is 41.5. The molecule has 6 nitrogen and oxygen atoms in total. The van der Waals surface area contributed by atoms with E-state index in [4.69, 9.17) is 18.6 Å². The first-order valence-electron chi connectivity index (χ1n) is 18.7. The van der Waals surface area contributed by atoms with Gasteiger partial charge < -0.3 is 23.7 Å². The van der Waals surface area contributed by atoms with Gasteiger partial charge in [-0.1, -0.05) is 148 Å². The van der Waals surface area contributed by atoms with Crippen LogP contribution in [0.4, 0.5) is 0 Å². The fourth-order valence-electron chi connectivity index (χ4n) is 8.30. The summed E-state index contributed by atoms with van der Waals surface area (Å²) < 4.78 is 26.8. The average molecular weight is 719 g/mol. The highest BCUT2D eigenvalue weighted by Crippen LogP contribution is 2.45. The smallest absolute Gasteiger partial charge is 0.261 e. The van der Waals surface area contributed by atoms with Crippen molar-refractivity contribution in [3.05, 3.63) is 145 Å². The second-order valence-electron chi connectivity index (χ2n) is 15.3. The van der Waals surface area contributed by atoms with E-state index in [-0.39, 0.29) is 22.8 Å². The van der Waals surface area contributed by atoms with E-state index < -0.39 is 44.9 Å². The molecule has 1 fully saturated rings. The monoisotopic (exact) mass is 718 g/mol. The van der Waals surface area contributed by atoms with Crippen LogP contribution >= 0.6 is 0 Å². The minimum Gasteiger partial charge on any atom is -0.405 e. The maximum Gasteiger partial charge on any atom is 0.261 e. The zero-order valence-electron chi connectivity index (χ0n) is 31.1. The number of aliphatic hydroxyl groups excluding tert-OH is 1. The van der Waals surface area contributed by atoms with Crippen molar-refractivity contribution in [2.45, 2.75) is 95.2 Å². The van der Waals surface area contributed by atoms with E-state index in [9.17, 15) is 9.90 Å². The summed E-state index contributed by atoms with van der Waals surface area (Å²) in [7, 11) is -1.07. The molecule has 0 saturated carbocycles. The van der Waals surface area contributed by atoms with Gasteiger partial charge in [0.25, 0.3) is 8.32 Å². The number of hydrogen-bond acceptors (Lipinski definition) is 6. The molecule has 2 aliphatic rings. The molecule has 0 spiro atoms. The number of rotatable bonds is 12. The maximum atomic E-state index is 13.6. The number of aliphatic hydroxyl groups is 1. The largest absolute Gasteiger partial charge is 0.405 e. The lowest BCUT2D eigenvalue weighted by Gasteiger charge is -2.45. The van der Waals surface area contributed by atoms with Gasteiger partial charge in [0.05, 0.1) is 18.1 Å². The molecule has 0 unspecified atom stereocenters. The Morgan fingerprint density at radius 2 is 1.27 bits per heavy atom. The lowest BCUT2D eigenvalue weighted by Crippen LogP contribution is -2.67. The van der Waals surface area contributed by atoms with Gasteiger partial charge in [0.15, 0.2) is 12.1 Å². The van der Waals surface area contributed by atoms with Crippen LogP contribution in [0.5, 0.6) is 0 Å². The van der Waals surface area contributed by atoms with Gasteiger partial charge in [0.2, 0.25) is 0 Å². The van der Waals surface area contributed by atoms with Crippen LogP contribution in [0.15, 0.2) is 133 Å². The summed E-state index contributed by atoms with van der Waals surface area (Å²) in [5.74, 6) is -1.06. The second kappa shape index (κ2) is 17.0. The van der Waals surface area contributed by atoms with Crippen molar-refractivity contribution >= 4 is 24.5 Å². The number of ether oxygens (including phenoxy) is 3. The summed E-state index contributed by atoms with van der Waals surface area (Å²) in [5, 5.41) is 14.2. The lowest BCUT2D eigenvalue weighted by molar-refractivity contribution is -0.235. The van der Waals surface area contributed by atoms with Crippen LogP contribution in [-0.2, 0) is 23.4 Å². The number of fused-ring (bicyclic) bond motifs is 1. The van der Waals surface area contributed by atoms with Crippen molar-refractivity contribution in [2.24, 2.45) is 11.8 Å². The molecule has 0 amide bonds. The van der Waals surface area contributed by atoms with Crippen molar-refractivity contribution in [1.82, 2.24) is 0 Å². The highest BCUT2D eigenvalue weighted by molar-refractivity contribution is 6.99. The highest BCUT2D eigenvalue weighted by atomic mass is 28.4. The van der Waals surface area contributed by atoms with E-state index in [2.05, 4.69) is 88.4 Å². The number of carbonyl (C=O) groups excluding carboxylic acids is 1. The first kappa shape index (κ1) is 38.0. The third kappa shape index (κ3) is 8.26. The number of benzene rings is 4. The van der Waals surface area contributed by atoms with Crippen LogP contribution in [0.1, 0.15) is 76.7 Å². The van der Waals surface area contributed by atoms with Crippen LogP contribution in [0.2, 0.25) is 5.04 Å². The minimum absolute atomic E-state index is 0.0641. The average Bonchev–Trinajstić information content (AvgIpc) is 3.15. The van der Waals surface area contributed by atoms with Crippen molar-refractivity contribution in [1.29, 1.82) is 0 Å². The van der Waals surface area contributed by atoms with E-state index >= 15 is 0 Å². The summed E-state index contributed by atoms with van der Waals surface area (Å²) in [6.07, 6.45) is 3.00. The molecule has 4 aromatic carbocycles. The van der Waals surface area contributed by atoms with Crippen LogP contribution in [0.25, 0.3) is 0 Å². The van der Waals surface area contributed by atoms with E-state index in [1.165, 1.54) is 10.4 Å². The lowest BCUT2D eigenvalue weighted by atomic mass is 9.73. The zero-order chi connectivity index (χ0) is 36.7. The standard InChI is InChI=1S/C45H54O6Si/c1-32(51-52(45(2,3)4,35-24-14-8-15-25-35)36-26-16-9-17-27-36)19-18-28-38(46)42-37-31-41(48-5)50-44(34-22-12-7-13-23-34)43(33-20-10-6-11-21-33)49-40(37)30-29-39(42)47/h6-17,20-27,29-30,32,37-38,40-44,46H,18-19,28,31H2,1-5H3/t32-,37-,38-,40-,41+,42-,43+,44+/m0/s1. The molecular formula is C45H54O6Si. The summed E-state index contributed by atoms with van der Waals surface area (Å²) in [5.41, 5.74) is 1.96. The molecule has 7 heteroatoms. The third-order valence-corrected chi connectivity index (χ3v) is 16.0. The van der Waals surface area contributed by atoms with Gasteiger partial charge in [-0.05, 0) is 58.8 Å². The fraction of sp³-hybridized carbons (Fsp3) is 0.400. The molecule has 1 N–H and O–H groups in total. The van der Waals surface area contributed by atoms with Gasteiger partial charge in [-0.25, -0.2) is 0 Å². The molecule has 1 saturated heterocycles. The van der Waals surface area contributed by atoms with Crippen molar-refractivity contribution in [2.75, 3.05) is 7.11 Å². The number of hydrogen-bond donors (Lipinski definition) is 1. The Morgan fingerprint density at radius 3 is 1.77 bits per heavy atom. The molecule has 52 heavy (non-hydrogen) atoms. The predicted molar refractivity (Wildman–Crippen MR) is 209 cm³/mol. The Kier molecular flexibility index (Phi) is 12.4. The molecule has 0 bridgehead atoms. The van der Waals surface area contributed by atoms with E-state index in [0.29, 0.717) is 19.3 Å². The minimum atomic E-state index is -2.71. The van der Waals surface area contributed by atoms with Crippen LogP contribution < -0.4 is 10.4 Å². The Hall–Kier alpha value is -3.69. The van der Waals surface area contributed by atoms with Gasteiger partial charge in [0.1, 0.15) is 12.2 Å². The number of methoxy groups -OCH3 is 1. The quantitative estimate of drug-likeness (QED) is 0.149. The number of allylic oxidation sites excluding steroid dienone is 1. The van der Waals surface area contributed by atoms with E-state index in [1.54, 1.807) is 13.2 Å². The normalized spacial score (nSPS) is 25.1. The maximum absolute atomic E-state index is 13.6. The predicted octanol–water partition coefficient (Wildman–Crippen LogP) is 8.11. The van der Waals surface area contributed by atoms with Crippen molar-refractivity contribution in [3.8, 4) is 0 Å². The van der Waals surface area contributed by atoms with Gasteiger partial charge in [0, 0.05) is 25.6 Å². The summed E-state index contributed by atoms with van der Waals surface area (Å²) in [4.78, 5) is 13.6. The van der Waals surface area contributed by atoms with Gasteiger partial charge >= 0.3 is 0 Å². The Balaban J connectivity index is 1.20. The molecule has 8 atom stereocenters. The topological polar surface area (TPSA) is 74.2 Å². The summed E-state index contributed by atoms with van der Waals surface area (Å²) in [6.45, 7) is 9.00. The molecule has 274 valence electrons. The second-order valence-corrected chi connectivity index (χ2v) is 19.6. The van der Waals surface area contributed by atoms with Crippen molar-refractivity contribution in [3.63, 3.8) is 0 Å². The zero-order valence-corrected chi connectivity index (χ0v) is 32.1.